The number of benzene rings is 3. The minimum atomic E-state index is -4.43. The molecule has 0 aliphatic carbocycles. The van der Waals surface area contributed by atoms with Crippen molar-refractivity contribution in [3.63, 3.8) is 0 Å². The van der Waals surface area contributed by atoms with Crippen molar-refractivity contribution in [2.75, 3.05) is 10.6 Å². The van der Waals surface area contributed by atoms with Crippen LogP contribution in [0.25, 0.3) is 5.57 Å². The fourth-order valence-corrected chi connectivity index (χ4v) is 3.88. The predicted octanol–water partition coefficient (Wildman–Crippen LogP) is 5.50. The van der Waals surface area contributed by atoms with Gasteiger partial charge in [-0.3, -0.25) is 9.59 Å². The molecule has 0 saturated carbocycles. The lowest BCUT2D eigenvalue weighted by atomic mass is 9.95. The summed E-state index contributed by atoms with van der Waals surface area (Å²) in [5.74, 6) is -0.940. The van der Waals surface area contributed by atoms with Gasteiger partial charge in [0, 0.05) is 29.4 Å². The molecule has 1 unspecified atom stereocenters. The summed E-state index contributed by atoms with van der Waals surface area (Å²) >= 11 is 0. The van der Waals surface area contributed by atoms with E-state index in [1.165, 1.54) is 24.3 Å². The maximum absolute atomic E-state index is 13.0. The third-order valence-electron chi connectivity index (χ3n) is 5.79. The molecule has 4 rings (SSSR count). The number of anilines is 2. The van der Waals surface area contributed by atoms with Crippen LogP contribution in [0.5, 0.6) is 0 Å². The van der Waals surface area contributed by atoms with Gasteiger partial charge in [0.25, 0.3) is 5.91 Å². The first-order valence-electron chi connectivity index (χ1n) is 11.2. The number of carbonyl (C=O) groups excluding carboxylic acids is 2. The number of halogens is 3. The molecule has 1 atom stereocenters. The number of hydrogen-bond acceptors (Lipinski definition) is 3. The van der Waals surface area contributed by atoms with Crippen LogP contribution >= 0.6 is 0 Å². The standard InChI is InChI=1S/C28H23F3N2O3/c1-17-8-10-18(11-9-17)21(19-12-14-20(15-13-19)28(29,30)31)4-2-7-26(35)32-23-5-3-6-24-22(23)16-25(34)27(36)33-24/h2-15,25,34H,16H2,1H3,(H,32,35)(H,33,36). The summed E-state index contributed by atoms with van der Waals surface area (Å²) in [6.07, 6.45) is -1.07. The zero-order chi connectivity index (χ0) is 25.9. The lowest BCUT2D eigenvalue weighted by Gasteiger charge is -2.23. The summed E-state index contributed by atoms with van der Waals surface area (Å²) in [5.41, 5.74) is 3.90. The van der Waals surface area contributed by atoms with Crippen molar-refractivity contribution in [2.24, 2.45) is 0 Å². The number of hydrogen-bond donors (Lipinski definition) is 3. The zero-order valence-electron chi connectivity index (χ0n) is 19.3. The van der Waals surface area contributed by atoms with Crippen LogP contribution in [0.1, 0.15) is 27.8 Å². The van der Waals surface area contributed by atoms with Crippen LogP contribution in [0.15, 0.2) is 85.0 Å². The van der Waals surface area contributed by atoms with Gasteiger partial charge < -0.3 is 15.7 Å². The Morgan fingerprint density at radius 3 is 2.31 bits per heavy atom. The van der Waals surface area contributed by atoms with E-state index in [9.17, 15) is 27.9 Å². The van der Waals surface area contributed by atoms with Crippen molar-refractivity contribution in [3.05, 3.63) is 113 Å². The molecule has 1 heterocycles. The first-order valence-corrected chi connectivity index (χ1v) is 11.2. The van der Waals surface area contributed by atoms with Crippen molar-refractivity contribution in [2.45, 2.75) is 25.6 Å². The molecule has 2 amide bonds. The van der Waals surface area contributed by atoms with E-state index in [-0.39, 0.29) is 6.42 Å². The van der Waals surface area contributed by atoms with E-state index in [0.29, 0.717) is 28.1 Å². The highest BCUT2D eigenvalue weighted by Crippen LogP contribution is 2.32. The van der Waals surface area contributed by atoms with Crippen LogP contribution in [0.3, 0.4) is 0 Å². The Morgan fingerprint density at radius 2 is 1.67 bits per heavy atom. The Labute approximate surface area is 206 Å². The summed E-state index contributed by atoms with van der Waals surface area (Å²) in [4.78, 5) is 24.3. The highest BCUT2D eigenvalue weighted by Gasteiger charge is 2.30. The number of aryl methyl sites for hydroxylation is 1. The molecule has 3 N–H and O–H groups in total. The van der Waals surface area contributed by atoms with E-state index in [4.69, 9.17) is 0 Å². The van der Waals surface area contributed by atoms with Gasteiger partial charge in [-0.25, -0.2) is 0 Å². The van der Waals surface area contributed by atoms with Gasteiger partial charge in [0.05, 0.1) is 5.56 Å². The molecule has 184 valence electrons. The monoisotopic (exact) mass is 492 g/mol. The number of aliphatic hydroxyl groups is 1. The number of nitrogens with one attached hydrogen (secondary N) is 2. The number of alkyl halides is 3. The normalized spacial score (nSPS) is 16.0. The number of rotatable bonds is 5. The molecule has 1 aliphatic heterocycles. The minimum Gasteiger partial charge on any atom is -0.383 e. The molecular weight excluding hydrogens is 469 g/mol. The van der Waals surface area contributed by atoms with Gasteiger partial charge in [0.15, 0.2) is 0 Å². The summed E-state index contributed by atoms with van der Waals surface area (Å²) in [6, 6.07) is 17.4. The molecule has 0 saturated heterocycles. The van der Waals surface area contributed by atoms with Gasteiger partial charge in [-0.1, -0.05) is 60.2 Å². The largest absolute Gasteiger partial charge is 0.416 e. The number of allylic oxidation sites excluding steroid dienone is 2. The van der Waals surface area contributed by atoms with Crippen molar-refractivity contribution < 1.29 is 27.9 Å². The van der Waals surface area contributed by atoms with Crippen molar-refractivity contribution in [1.82, 2.24) is 0 Å². The summed E-state index contributed by atoms with van der Waals surface area (Å²) in [7, 11) is 0. The lowest BCUT2D eigenvalue weighted by Crippen LogP contribution is -2.34. The molecule has 36 heavy (non-hydrogen) atoms. The molecule has 5 nitrogen and oxygen atoms in total. The Hall–Kier alpha value is -4.17. The van der Waals surface area contributed by atoms with Crippen LogP contribution in [0.4, 0.5) is 24.5 Å². The molecule has 0 bridgehead atoms. The van der Waals surface area contributed by atoms with Gasteiger partial charge in [0.1, 0.15) is 6.10 Å². The average Bonchev–Trinajstić information content (AvgIpc) is 2.83. The third kappa shape index (κ3) is 5.72. The van der Waals surface area contributed by atoms with E-state index < -0.39 is 29.7 Å². The molecule has 8 heteroatoms. The Bertz CT molecular complexity index is 1340. The molecule has 3 aromatic rings. The van der Waals surface area contributed by atoms with Crippen LogP contribution < -0.4 is 10.6 Å². The van der Waals surface area contributed by atoms with Crippen molar-refractivity contribution in [3.8, 4) is 0 Å². The third-order valence-corrected chi connectivity index (χ3v) is 5.79. The lowest BCUT2D eigenvalue weighted by molar-refractivity contribution is -0.137. The Kier molecular flexibility index (Phi) is 7.07. The van der Waals surface area contributed by atoms with E-state index in [1.54, 1.807) is 24.3 Å². The summed E-state index contributed by atoms with van der Waals surface area (Å²) < 4.78 is 39.0. The Balaban J connectivity index is 1.58. The number of aliphatic hydroxyl groups excluding tert-OH is 1. The first kappa shape index (κ1) is 24.9. The van der Waals surface area contributed by atoms with Crippen LogP contribution in [-0.2, 0) is 22.2 Å². The summed E-state index contributed by atoms with van der Waals surface area (Å²) in [5, 5.41) is 15.2. The van der Waals surface area contributed by atoms with Gasteiger partial charge in [-0.05, 0) is 47.9 Å². The van der Waals surface area contributed by atoms with Gasteiger partial charge in [-0.15, -0.1) is 0 Å². The smallest absolute Gasteiger partial charge is 0.383 e. The number of fused-ring (bicyclic) bond motifs is 1. The van der Waals surface area contributed by atoms with E-state index in [0.717, 1.165) is 23.3 Å². The van der Waals surface area contributed by atoms with Crippen LogP contribution in [0, 0.1) is 6.92 Å². The van der Waals surface area contributed by atoms with E-state index >= 15 is 0 Å². The predicted molar refractivity (Wildman–Crippen MR) is 132 cm³/mol. The molecule has 0 fully saturated rings. The highest BCUT2D eigenvalue weighted by molar-refractivity contribution is 6.03. The molecular formula is C28H23F3N2O3. The molecule has 0 spiro atoms. The second-order valence-electron chi connectivity index (χ2n) is 8.41. The number of carbonyl (C=O) groups is 2. The second-order valence-corrected chi connectivity index (χ2v) is 8.41. The zero-order valence-corrected chi connectivity index (χ0v) is 19.3. The topological polar surface area (TPSA) is 78.4 Å². The van der Waals surface area contributed by atoms with Gasteiger partial charge in [0.2, 0.25) is 5.91 Å². The molecule has 1 aliphatic rings. The highest BCUT2D eigenvalue weighted by atomic mass is 19.4. The average molecular weight is 492 g/mol. The maximum Gasteiger partial charge on any atom is 0.416 e. The first-order chi connectivity index (χ1) is 17.1. The van der Waals surface area contributed by atoms with E-state index in [1.807, 2.05) is 31.2 Å². The Morgan fingerprint density at radius 1 is 1.03 bits per heavy atom. The van der Waals surface area contributed by atoms with Crippen molar-refractivity contribution >= 4 is 28.8 Å². The van der Waals surface area contributed by atoms with Gasteiger partial charge in [-0.2, -0.15) is 13.2 Å². The number of amides is 2. The SMILES string of the molecule is Cc1ccc(C(=CC=CC(=O)Nc2cccc3c2CC(O)C(=O)N3)c2ccc(C(F)(F)F)cc2)cc1. The second kappa shape index (κ2) is 10.2. The molecule has 0 aromatic heterocycles. The maximum atomic E-state index is 13.0. The quantitative estimate of drug-likeness (QED) is 0.325. The molecule has 3 aromatic carbocycles. The fraction of sp³-hybridized carbons (Fsp3) is 0.143. The van der Waals surface area contributed by atoms with E-state index in [2.05, 4.69) is 10.6 Å². The van der Waals surface area contributed by atoms with Gasteiger partial charge >= 0.3 is 6.18 Å². The fourth-order valence-electron chi connectivity index (χ4n) is 3.88. The minimum absolute atomic E-state index is 0.0761. The summed E-state index contributed by atoms with van der Waals surface area (Å²) in [6.45, 7) is 1.93. The van der Waals surface area contributed by atoms with Crippen molar-refractivity contribution in [1.29, 1.82) is 0 Å². The molecule has 0 radical (unpaired) electrons. The van der Waals surface area contributed by atoms with Crippen LogP contribution in [-0.4, -0.2) is 23.0 Å². The van der Waals surface area contributed by atoms with Crippen LogP contribution in [0.2, 0.25) is 0 Å².